The maximum absolute atomic E-state index is 11.3. The molecule has 2 atom stereocenters. The van der Waals surface area contributed by atoms with Crippen molar-refractivity contribution in [1.82, 2.24) is 9.62 Å². The molecule has 136 valence electrons. The number of nitrogens with one attached hydrogen (secondary N) is 1. The van der Waals surface area contributed by atoms with Crippen LogP contribution >= 0.6 is 0 Å². The molecule has 24 heavy (non-hydrogen) atoms. The van der Waals surface area contributed by atoms with Gasteiger partial charge in [0.1, 0.15) is 0 Å². The molecule has 0 amide bonds. The fourth-order valence-electron chi connectivity index (χ4n) is 3.57. The average molecular weight is 353 g/mol. The van der Waals surface area contributed by atoms with Gasteiger partial charge in [-0.2, -0.15) is 0 Å². The lowest BCUT2D eigenvalue weighted by Crippen LogP contribution is -2.35. The maximum Gasteiger partial charge on any atom is 0.209 e. The van der Waals surface area contributed by atoms with E-state index < -0.39 is 10.0 Å². The third-order valence-electron chi connectivity index (χ3n) is 5.36. The summed E-state index contributed by atoms with van der Waals surface area (Å²) in [7, 11) is -3.18. The van der Waals surface area contributed by atoms with Crippen LogP contribution in [0.3, 0.4) is 0 Å². The normalized spacial score (nSPS) is 20.0. The molecule has 0 saturated carbocycles. The molecule has 0 aliphatic carbocycles. The lowest BCUT2D eigenvalue weighted by molar-refractivity contribution is 0.145. The first-order valence-electron chi connectivity index (χ1n) is 9.07. The highest BCUT2D eigenvalue weighted by molar-refractivity contribution is 7.88. The number of hydrogen-bond acceptors (Lipinski definition) is 3. The SMILES string of the molecule is CCC(C)C1CCN(Cc2ccc([C@@H](C)NS(C)(=O)=O)cc2)CC1. The number of nitrogens with zero attached hydrogens (tertiary/aromatic N) is 1. The van der Waals surface area contributed by atoms with Gasteiger partial charge in [0, 0.05) is 12.6 Å². The predicted molar refractivity (Wildman–Crippen MR) is 100 cm³/mol. The van der Waals surface area contributed by atoms with Crippen LogP contribution in [0.15, 0.2) is 24.3 Å². The van der Waals surface area contributed by atoms with Crippen molar-refractivity contribution in [3.63, 3.8) is 0 Å². The molecule has 1 unspecified atom stereocenters. The van der Waals surface area contributed by atoms with E-state index in [1.807, 2.05) is 19.1 Å². The molecule has 0 radical (unpaired) electrons. The fraction of sp³-hybridized carbons (Fsp3) is 0.684. The Labute approximate surface area is 147 Å². The number of sulfonamides is 1. The van der Waals surface area contributed by atoms with E-state index in [2.05, 4.69) is 35.6 Å². The smallest absolute Gasteiger partial charge is 0.209 e. The zero-order valence-corrected chi connectivity index (χ0v) is 16.3. The van der Waals surface area contributed by atoms with Crippen LogP contribution < -0.4 is 4.72 Å². The first-order valence-corrected chi connectivity index (χ1v) is 11.0. The lowest BCUT2D eigenvalue weighted by Gasteiger charge is -2.34. The van der Waals surface area contributed by atoms with Gasteiger partial charge in [-0.3, -0.25) is 4.90 Å². The molecule has 1 N–H and O–H groups in total. The summed E-state index contributed by atoms with van der Waals surface area (Å²) in [5, 5.41) is 0. The molecule has 1 aliphatic heterocycles. The van der Waals surface area contributed by atoms with Gasteiger partial charge in [-0.15, -0.1) is 0 Å². The fourth-order valence-corrected chi connectivity index (χ4v) is 4.35. The van der Waals surface area contributed by atoms with Crippen LogP contribution in [0, 0.1) is 11.8 Å². The first kappa shape index (κ1) is 19.4. The van der Waals surface area contributed by atoms with Gasteiger partial charge in [0.25, 0.3) is 0 Å². The van der Waals surface area contributed by atoms with Crippen LogP contribution in [-0.2, 0) is 16.6 Å². The molecule has 1 aliphatic rings. The summed E-state index contributed by atoms with van der Waals surface area (Å²) < 4.78 is 25.3. The van der Waals surface area contributed by atoms with Crippen molar-refractivity contribution in [2.45, 2.75) is 52.6 Å². The highest BCUT2D eigenvalue weighted by Gasteiger charge is 2.22. The second-order valence-corrected chi connectivity index (χ2v) is 9.13. The van der Waals surface area contributed by atoms with E-state index >= 15 is 0 Å². The van der Waals surface area contributed by atoms with Gasteiger partial charge in [0.05, 0.1) is 6.26 Å². The minimum Gasteiger partial charge on any atom is -0.299 e. The molecule has 2 rings (SSSR count). The molecule has 5 heteroatoms. The van der Waals surface area contributed by atoms with Crippen LogP contribution in [0.5, 0.6) is 0 Å². The summed E-state index contributed by atoms with van der Waals surface area (Å²) in [6.45, 7) is 9.89. The lowest BCUT2D eigenvalue weighted by atomic mass is 9.84. The van der Waals surface area contributed by atoms with Crippen molar-refractivity contribution in [3.05, 3.63) is 35.4 Å². The van der Waals surface area contributed by atoms with E-state index in [1.54, 1.807) is 0 Å². The molecule has 0 aromatic heterocycles. The molecule has 0 spiro atoms. The zero-order valence-electron chi connectivity index (χ0n) is 15.5. The van der Waals surface area contributed by atoms with E-state index in [0.29, 0.717) is 0 Å². The van der Waals surface area contributed by atoms with Crippen molar-refractivity contribution in [2.75, 3.05) is 19.3 Å². The Kier molecular flexibility index (Phi) is 6.84. The number of piperidine rings is 1. The molecular weight excluding hydrogens is 320 g/mol. The molecule has 1 heterocycles. The molecule has 4 nitrogen and oxygen atoms in total. The third kappa shape index (κ3) is 5.87. The maximum atomic E-state index is 11.3. The molecule has 1 aromatic rings. The van der Waals surface area contributed by atoms with Gasteiger partial charge in [0.2, 0.25) is 10.0 Å². The Morgan fingerprint density at radius 3 is 2.25 bits per heavy atom. The van der Waals surface area contributed by atoms with Crippen molar-refractivity contribution < 1.29 is 8.42 Å². The highest BCUT2D eigenvalue weighted by Crippen LogP contribution is 2.27. The van der Waals surface area contributed by atoms with Crippen LogP contribution in [-0.4, -0.2) is 32.7 Å². The summed E-state index contributed by atoms with van der Waals surface area (Å²) in [6.07, 6.45) is 5.09. The monoisotopic (exact) mass is 352 g/mol. The van der Waals surface area contributed by atoms with Crippen molar-refractivity contribution in [1.29, 1.82) is 0 Å². The van der Waals surface area contributed by atoms with E-state index in [-0.39, 0.29) is 6.04 Å². The van der Waals surface area contributed by atoms with E-state index in [0.717, 1.165) is 23.9 Å². The minimum atomic E-state index is -3.18. The Balaban J connectivity index is 1.86. The molecule has 1 fully saturated rings. The molecule has 1 aromatic carbocycles. The summed E-state index contributed by atoms with van der Waals surface area (Å²) in [6, 6.07) is 8.11. The second-order valence-electron chi connectivity index (χ2n) is 7.35. The predicted octanol–water partition coefficient (Wildman–Crippen LogP) is 3.55. The summed E-state index contributed by atoms with van der Waals surface area (Å²) in [5.41, 5.74) is 2.30. The number of rotatable bonds is 7. The Bertz CT molecular complexity index is 605. The first-order chi connectivity index (χ1) is 11.3. The van der Waals surface area contributed by atoms with Crippen LogP contribution in [0.2, 0.25) is 0 Å². The standard InChI is InChI=1S/C19H32N2O2S/c1-5-15(2)18-10-12-21(13-11-18)14-17-6-8-19(9-7-17)16(3)20-24(4,22)23/h6-9,15-16,18,20H,5,10-14H2,1-4H3/t15?,16-/m1/s1. The van der Waals surface area contributed by atoms with Crippen LogP contribution in [0.4, 0.5) is 0 Å². The average Bonchev–Trinajstić information content (AvgIpc) is 2.54. The van der Waals surface area contributed by atoms with Gasteiger partial charge in [-0.25, -0.2) is 13.1 Å². The Hall–Kier alpha value is -0.910. The van der Waals surface area contributed by atoms with Gasteiger partial charge in [-0.1, -0.05) is 44.5 Å². The number of hydrogen-bond donors (Lipinski definition) is 1. The van der Waals surface area contributed by atoms with Gasteiger partial charge in [-0.05, 0) is 55.8 Å². The molecule has 0 bridgehead atoms. The van der Waals surface area contributed by atoms with Gasteiger partial charge >= 0.3 is 0 Å². The Morgan fingerprint density at radius 1 is 1.17 bits per heavy atom. The summed E-state index contributed by atoms with van der Waals surface area (Å²) >= 11 is 0. The highest BCUT2D eigenvalue weighted by atomic mass is 32.2. The third-order valence-corrected chi connectivity index (χ3v) is 6.14. The van der Waals surface area contributed by atoms with Crippen molar-refractivity contribution >= 4 is 10.0 Å². The molecular formula is C19H32N2O2S. The van der Waals surface area contributed by atoms with E-state index in [4.69, 9.17) is 0 Å². The van der Waals surface area contributed by atoms with E-state index in [1.165, 1.54) is 44.2 Å². The zero-order chi connectivity index (χ0) is 17.7. The largest absolute Gasteiger partial charge is 0.299 e. The summed E-state index contributed by atoms with van der Waals surface area (Å²) in [5.74, 6) is 1.73. The van der Waals surface area contributed by atoms with Crippen molar-refractivity contribution in [2.24, 2.45) is 11.8 Å². The Morgan fingerprint density at radius 2 is 1.75 bits per heavy atom. The quantitative estimate of drug-likeness (QED) is 0.816. The second kappa shape index (κ2) is 8.45. The van der Waals surface area contributed by atoms with Crippen LogP contribution in [0.25, 0.3) is 0 Å². The topological polar surface area (TPSA) is 49.4 Å². The number of benzene rings is 1. The van der Waals surface area contributed by atoms with Gasteiger partial charge < -0.3 is 0 Å². The number of likely N-dealkylation sites (tertiary alicyclic amines) is 1. The van der Waals surface area contributed by atoms with Crippen molar-refractivity contribution in [3.8, 4) is 0 Å². The molecule has 1 saturated heterocycles. The van der Waals surface area contributed by atoms with Gasteiger partial charge in [0.15, 0.2) is 0 Å². The van der Waals surface area contributed by atoms with E-state index in [9.17, 15) is 8.42 Å². The summed E-state index contributed by atoms with van der Waals surface area (Å²) in [4.78, 5) is 2.53. The minimum absolute atomic E-state index is 0.194. The van der Waals surface area contributed by atoms with Crippen LogP contribution in [0.1, 0.15) is 57.2 Å².